The number of aromatic nitrogens is 2. The Morgan fingerprint density at radius 2 is 2.10 bits per heavy atom. The van der Waals surface area contributed by atoms with Crippen LogP contribution in [0.5, 0.6) is 0 Å². The quantitative estimate of drug-likeness (QED) is 0.805. The molecule has 1 saturated carbocycles. The van der Waals surface area contributed by atoms with Crippen molar-refractivity contribution >= 4 is 28.4 Å². The van der Waals surface area contributed by atoms with Crippen molar-refractivity contribution in [2.75, 3.05) is 12.4 Å². The molecule has 1 aliphatic carbocycles. The van der Waals surface area contributed by atoms with Crippen molar-refractivity contribution in [3.05, 3.63) is 23.9 Å². The summed E-state index contributed by atoms with van der Waals surface area (Å²) in [7, 11) is 1.56. The summed E-state index contributed by atoms with van der Waals surface area (Å²) in [5, 5.41) is 13.0. The number of amides is 2. The van der Waals surface area contributed by atoms with Gasteiger partial charge in [0, 0.05) is 24.0 Å². The molecule has 1 aliphatic rings. The number of fused-ring (bicyclic) bond motifs is 1. The van der Waals surface area contributed by atoms with Crippen molar-refractivity contribution in [3.63, 3.8) is 0 Å². The number of anilines is 1. The molecule has 0 spiro atoms. The molecule has 110 valence electrons. The second-order valence-electron chi connectivity index (χ2n) is 6.15. The van der Waals surface area contributed by atoms with Crippen LogP contribution in [-0.4, -0.2) is 29.1 Å². The molecule has 1 aromatic heterocycles. The first kappa shape index (κ1) is 13.6. The van der Waals surface area contributed by atoms with E-state index < -0.39 is 0 Å². The van der Waals surface area contributed by atoms with Gasteiger partial charge in [0.25, 0.3) is 5.91 Å². The molecule has 2 aromatic rings. The van der Waals surface area contributed by atoms with Crippen LogP contribution in [-0.2, 0) is 4.79 Å². The van der Waals surface area contributed by atoms with Crippen molar-refractivity contribution in [2.45, 2.75) is 20.3 Å². The first-order valence-corrected chi connectivity index (χ1v) is 6.93. The van der Waals surface area contributed by atoms with Crippen molar-refractivity contribution < 1.29 is 9.59 Å². The highest BCUT2D eigenvalue weighted by Crippen LogP contribution is 2.52. The zero-order valence-corrected chi connectivity index (χ0v) is 12.3. The summed E-state index contributed by atoms with van der Waals surface area (Å²) in [6.45, 7) is 4.17. The molecule has 3 rings (SSSR count). The van der Waals surface area contributed by atoms with Crippen molar-refractivity contribution in [2.24, 2.45) is 11.3 Å². The van der Waals surface area contributed by atoms with Gasteiger partial charge in [-0.15, -0.1) is 0 Å². The summed E-state index contributed by atoms with van der Waals surface area (Å²) in [6, 6.07) is 5.39. The first-order chi connectivity index (χ1) is 9.92. The minimum Gasteiger partial charge on any atom is -0.354 e. The Bertz CT molecular complexity index is 732. The van der Waals surface area contributed by atoms with Crippen LogP contribution in [0.15, 0.2) is 18.2 Å². The predicted octanol–water partition coefficient (Wildman–Crippen LogP) is 1.91. The SMILES string of the molecule is CNC(=O)c1n[nH]c2ccc(NC(=O)C3CC3(C)C)cc12. The van der Waals surface area contributed by atoms with E-state index in [1.165, 1.54) is 0 Å². The fraction of sp³-hybridized carbons (Fsp3) is 0.400. The fourth-order valence-corrected chi connectivity index (χ4v) is 2.53. The molecule has 0 aliphatic heterocycles. The van der Waals surface area contributed by atoms with Gasteiger partial charge in [-0.3, -0.25) is 14.7 Å². The molecule has 21 heavy (non-hydrogen) atoms. The highest BCUT2D eigenvalue weighted by Gasteiger charge is 2.50. The van der Waals surface area contributed by atoms with E-state index in [4.69, 9.17) is 0 Å². The Balaban J connectivity index is 1.87. The van der Waals surface area contributed by atoms with Crippen molar-refractivity contribution in [1.82, 2.24) is 15.5 Å². The number of carbonyl (C=O) groups excluding carboxylic acids is 2. The van der Waals surface area contributed by atoms with E-state index in [9.17, 15) is 9.59 Å². The van der Waals surface area contributed by atoms with Crippen LogP contribution in [0.2, 0.25) is 0 Å². The lowest BCUT2D eigenvalue weighted by atomic mass is 10.1. The summed E-state index contributed by atoms with van der Waals surface area (Å²) in [5.41, 5.74) is 1.87. The molecule has 6 nitrogen and oxygen atoms in total. The van der Waals surface area contributed by atoms with Gasteiger partial charge in [0.05, 0.1) is 5.52 Å². The van der Waals surface area contributed by atoms with Gasteiger partial charge in [0.15, 0.2) is 5.69 Å². The Morgan fingerprint density at radius 3 is 2.71 bits per heavy atom. The van der Waals surface area contributed by atoms with E-state index >= 15 is 0 Å². The number of hydrogen-bond donors (Lipinski definition) is 3. The van der Waals surface area contributed by atoms with Crippen LogP contribution >= 0.6 is 0 Å². The van der Waals surface area contributed by atoms with Crippen LogP contribution < -0.4 is 10.6 Å². The Labute approximate surface area is 122 Å². The highest BCUT2D eigenvalue weighted by atomic mass is 16.2. The largest absolute Gasteiger partial charge is 0.354 e. The van der Waals surface area contributed by atoms with Crippen LogP contribution in [0.1, 0.15) is 30.8 Å². The number of nitrogens with one attached hydrogen (secondary N) is 3. The molecule has 1 atom stereocenters. The van der Waals surface area contributed by atoms with Gasteiger partial charge < -0.3 is 10.6 Å². The number of H-pyrrole nitrogens is 1. The van der Waals surface area contributed by atoms with Gasteiger partial charge in [0.1, 0.15) is 0 Å². The van der Waals surface area contributed by atoms with Crippen molar-refractivity contribution in [3.8, 4) is 0 Å². The highest BCUT2D eigenvalue weighted by molar-refractivity contribution is 6.06. The Kier molecular flexibility index (Phi) is 2.97. The summed E-state index contributed by atoms with van der Waals surface area (Å²) in [6.07, 6.45) is 0.913. The van der Waals surface area contributed by atoms with Crippen LogP contribution in [0, 0.1) is 11.3 Å². The van der Waals surface area contributed by atoms with Gasteiger partial charge >= 0.3 is 0 Å². The number of hydrogen-bond acceptors (Lipinski definition) is 3. The average Bonchev–Trinajstić information content (AvgIpc) is 2.91. The Hall–Kier alpha value is -2.37. The predicted molar refractivity (Wildman–Crippen MR) is 80.0 cm³/mol. The van der Waals surface area contributed by atoms with Crippen LogP contribution in [0.4, 0.5) is 5.69 Å². The molecular weight excluding hydrogens is 268 g/mol. The average molecular weight is 286 g/mol. The third-order valence-corrected chi connectivity index (χ3v) is 4.10. The maximum Gasteiger partial charge on any atom is 0.272 e. The Morgan fingerprint density at radius 1 is 1.38 bits per heavy atom. The minimum absolute atomic E-state index is 0.0318. The van der Waals surface area contributed by atoms with E-state index in [-0.39, 0.29) is 23.1 Å². The van der Waals surface area contributed by atoms with E-state index in [1.807, 2.05) is 6.07 Å². The van der Waals surface area contributed by atoms with Crippen LogP contribution in [0.3, 0.4) is 0 Å². The second kappa shape index (κ2) is 4.58. The summed E-state index contributed by atoms with van der Waals surface area (Å²) < 4.78 is 0. The maximum absolute atomic E-state index is 12.1. The van der Waals surface area contributed by atoms with E-state index in [0.29, 0.717) is 16.8 Å². The monoisotopic (exact) mass is 286 g/mol. The normalized spacial score (nSPS) is 19.3. The molecule has 6 heteroatoms. The molecular formula is C15H18N4O2. The van der Waals surface area contributed by atoms with Gasteiger partial charge in [-0.25, -0.2) is 0 Å². The number of aromatic amines is 1. The topological polar surface area (TPSA) is 86.9 Å². The van der Waals surface area contributed by atoms with E-state index in [1.54, 1.807) is 19.2 Å². The maximum atomic E-state index is 12.1. The number of carbonyl (C=O) groups is 2. The summed E-state index contributed by atoms with van der Waals surface area (Å²) in [4.78, 5) is 23.9. The molecule has 1 heterocycles. The number of rotatable bonds is 3. The van der Waals surface area contributed by atoms with Crippen molar-refractivity contribution in [1.29, 1.82) is 0 Å². The number of benzene rings is 1. The molecule has 1 unspecified atom stereocenters. The van der Waals surface area contributed by atoms with E-state index in [2.05, 4.69) is 34.7 Å². The first-order valence-electron chi connectivity index (χ1n) is 6.93. The minimum atomic E-state index is -0.256. The summed E-state index contributed by atoms with van der Waals surface area (Å²) in [5.74, 6) is -0.159. The molecule has 1 aromatic carbocycles. The van der Waals surface area contributed by atoms with E-state index in [0.717, 1.165) is 11.9 Å². The zero-order chi connectivity index (χ0) is 15.2. The molecule has 3 N–H and O–H groups in total. The lowest BCUT2D eigenvalue weighted by Crippen LogP contribution is -2.18. The van der Waals surface area contributed by atoms with Gasteiger partial charge in [0.2, 0.25) is 5.91 Å². The molecule has 2 amide bonds. The fourth-order valence-electron chi connectivity index (χ4n) is 2.53. The second-order valence-corrected chi connectivity index (χ2v) is 6.15. The smallest absolute Gasteiger partial charge is 0.272 e. The van der Waals surface area contributed by atoms with Crippen LogP contribution in [0.25, 0.3) is 10.9 Å². The van der Waals surface area contributed by atoms with Gasteiger partial charge in [-0.1, -0.05) is 13.8 Å². The standard InChI is InChI=1S/C15H18N4O2/c1-15(2)7-10(15)13(20)17-8-4-5-11-9(6-8)12(19-18-11)14(21)16-3/h4-6,10H,7H2,1-3H3,(H,16,21)(H,17,20)(H,18,19). The molecule has 1 fully saturated rings. The third kappa shape index (κ3) is 2.37. The van der Waals surface area contributed by atoms with Gasteiger partial charge in [-0.2, -0.15) is 5.10 Å². The number of nitrogens with zero attached hydrogens (tertiary/aromatic N) is 1. The summed E-state index contributed by atoms with van der Waals surface area (Å²) >= 11 is 0. The zero-order valence-electron chi connectivity index (χ0n) is 12.3. The lowest BCUT2D eigenvalue weighted by Gasteiger charge is -2.07. The molecule has 0 saturated heterocycles. The molecule has 0 radical (unpaired) electrons. The lowest BCUT2D eigenvalue weighted by molar-refractivity contribution is -0.118. The van der Waals surface area contributed by atoms with Gasteiger partial charge in [-0.05, 0) is 30.0 Å². The third-order valence-electron chi connectivity index (χ3n) is 4.10. The molecule has 0 bridgehead atoms.